The molecule has 5 heteroatoms. The third-order valence-corrected chi connectivity index (χ3v) is 4.75. The first-order valence-electron chi connectivity index (χ1n) is 6.60. The average Bonchev–Trinajstić information content (AvgIpc) is 2.78. The van der Waals surface area contributed by atoms with Gasteiger partial charge in [0, 0.05) is 27.8 Å². The first kappa shape index (κ1) is 14.8. The van der Waals surface area contributed by atoms with E-state index in [1.54, 1.807) is 0 Å². The second-order valence-electron chi connectivity index (χ2n) is 4.97. The van der Waals surface area contributed by atoms with Gasteiger partial charge >= 0.3 is 0 Å². The number of aromatic nitrogens is 2. The number of nitrogens with zero attached hydrogens (tertiary/aromatic N) is 2. The van der Waals surface area contributed by atoms with Crippen LogP contribution in [0.25, 0.3) is 10.9 Å². The molecule has 1 aromatic heterocycles. The second-order valence-corrected chi connectivity index (χ2v) is 6.74. The number of aliphatic hydroxyl groups is 1. The van der Waals surface area contributed by atoms with Crippen LogP contribution in [0.4, 0.5) is 0 Å². The molecule has 0 aliphatic rings. The van der Waals surface area contributed by atoms with Gasteiger partial charge in [0.25, 0.3) is 0 Å². The van der Waals surface area contributed by atoms with E-state index in [9.17, 15) is 5.11 Å². The van der Waals surface area contributed by atoms with Gasteiger partial charge in [0.1, 0.15) is 0 Å². The Labute approximate surface area is 139 Å². The maximum absolute atomic E-state index is 10.5. The van der Waals surface area contributed by atoms with Crippen LogP contribution >= 0.6 is 31.9 Å². The molecule has 0 saturated carbocycles. The number of halogens is 2. The van der Waals surface area contributed by atoms with Crippen molar-refractivity contribution in [1.29, 1.82) is 0 Å². The van der Waals surface area contributed by atoms with Crippen molar-refractivity contribution < 1.29 is 5.11 Å². The van der Waals surface area contributed by atoms with Crippen LogP contribution in [0, 0.1) is 0 Å². The van der Waals surface area contributed by atoms with Crippen LogP contribution in [-0.4, -0.2) is 14.9 Å². The molecule has 0 aliphatic heterocycles. The van der Waals surface area contributed by atoms with Crippen molar-refractivity contribution in [3.8, 4) is 0 Å². The Balaban J connectivity index is 1.96. The lowest BCUT2D eigenvalue weighted by atomic mass is 10.0. The molecule has 0 radical (unpaired) electrons. The van der Waals surface area contributed by atoms with E-state index >= 15 is 0 Å². The average molecular weight is 410 g/mol. The number of hydrogen-bond acceptors (Lipinski definition) is 2. The Hall–Kier alpha value is -1.17. The summed E-state index contributed by atoms with van der Waals surface area (Å²) >= 11 is 6.94. The number of aryl methyl sites for hydroxylation is 1. The fourth-order valence-electron chi connectivity index (χ4n) is 2.50. The van der Waals surface area contributed by atoms with E-state index in [2.05, 4.69) is 37.0 Å². The highest BCUT2D eigenvalue weighted by Crippen LogP contribution is 2.30. The van der Waals surface area contributed by atoms with Crippen molar-refractivity contribution in [3.63, 3.8) is 0 Å². The van der Waals surface area contributed by atoms with Gasteiger partial charge in [-0.05, 0) is 29.8 Å². The van der Waals surface area contributed by atoms with E-state index < -0.39 is 6.10 Å². The number of para-hydroxylation sites is 1. The third-order valence-electron chi connectivity index (χ3n) is 3.54. The van der Waals surface area contributed by atoms with Crippen molar-refractivity contribution in [2.24, 2.45) is 7.05 Å². The van der Waals surface area contributed by atoms with Gasteiger partial charge in [-0.2, -0.15) is 5.10 Å². The van der Waals surface area contributed by atoms with Crippen molar-refractivity contribution in [3.05, 3.63) is 62.7 Å². The number of aliphatic hydroxyl groups excluding tert-OH is 1. The molecule has 1 unspecified atom stereocenters. The first-order chi connectivity index (χ1) is 10.1. The Kier molecular flexibility index (Phi) is 4.15. The van der Waals surface area contributed by atoms with E-state index in [1.165, 1.54) is 0 Å². The Morgan fingerprint density at radius 1 is 1.19 bits per heavy atom. The zero-order chi connectivity index (χ0) is 15.0. The molecule has 3 aromatic rings. The topological polar surface area (TPSA) is 38.0 Å². The largest absolute Gasteiger partial charge is 0.388 e. The molecule has 3 nitrogen and oxygen atoms in total. The lowest BCUT2D eigenvalue weighted by molar-refractivity contribution is 0.176. The summed E-state index contributed by atoms with van der Waals surface area (Å²) in [5, 5.41) is 16.2. The molecule has 108 valence electrons. The van der Waals surface area contributed by atoms with Crippen LogP contribution in [0.2, 0.25) is 0 Å². The predicted molar refractivity (Wildman–Crippen MR) is 91.2 cm³/mol. The molecule has 0 fully saturated rings. The van der Waals surface area contributed by atoms with E-state index in [-0.39, 0.29) is 0 Å². The molecule has 21 heavy (non-hydrogen) atoms. The van der Waals surface area contributed by atoms with Crippen LogP contribution in [0.5, 0.6) is 0 Å². The molecule has 1 atom stereocenters. The maximum Gasteiger partial charge on any atom is 0.0857 e. The Bertz CT molecular complexity index is 798. The quantitative estimate of drug-likeness (QED) is 0.697. The fourth-order valence-corrected chi connectivity index (χ4v) is 3.39. The highest BCUT2D eigenvalue weighted by molar-refractivity contribution is 9.11. The number of hydrogen-bond donors (Lipinski definition) is 1. The molecule has 1 heterocycles. The highest BCUT2D eigenvalue weighted by Gasteiger charge is 2.16. The number of rotatable bonds is 3. The summed E-state index contributed by atoms with van der Waals surface area (Å²) in [5.74, 6) is 0. The van der Waals surface area contributed by atoms with Crippen LogP contribution in [-0.2, 0) is 13.5 Å². The van der Waals surface area contributed by atoms with Crippen molar-refractivity contribution in [1.82, 2.24) is 9.78 Å². The molecule has 0 aliphatic carbocycles. The standard InChI is InChI=1S/C16H14Br2N2O/c1-20-15-5-3-2-4-11(15)14(19-20)9-16(21)12-8-10(17)6-7-13(12)18/h2-8,16,21H,9H2,1H3. The van der Waals surface area contributed by atoms with E-state index in [0.717, 1.165) is 31.1 Å². The zero-order valence-electron chi connectivity index (χ0n) is 11.4. The minimum Gasteiger partial charge on any atom is -0.388 e. The molecular weight excluding hydrogens is 396 g/mol. The monoisotopic (exact) mass is 408 g/mol. The summed E-state index contributed by atoms with van der Waals surface area (Å²) in [6.07, 6.45) is -0.119. The number of fused-ring (bicyclic) bond motifs is 1. The summed E-state index contributed by atoms with van der Waals surface area (Å²) < 4.78 is 3.71. The normalized spacial score (nSPS) is 12.8. The van der Waals surface area contributed by atoms with Crippen molar-refractivity contribution in [2.75, 3.05) is 0 Å². The van der Waals surface area contributed by atoms with Gasteiger partial charge in [0.2, 0.25) is 0 Å². The minimum atomic E-state index is -0.602. The summed E-state index contributed by atoms with van der Waals surface area (Å²) in [5.41, 5.74) is 2.85. The lowest BCUT2D eigenvalue weighted by Crippen LogP contribution is -2.04. The van der Waals surface area contributed by atoms with Gasteiger partial charge in [-0.3, -0.25) is 4.68 Å². The molecule has 3 rings (SSSR count). The minimum absolute atomic E-state index is 0.483. The van der Waals surface area contributed by atoms with Gasteiger partial charge in [-0.15, -0.1) is 0 Å². The zero-order valence-corrected chi connectivity index (χ0v) is 14.6. The maximum atomic E-state index is 10.5. The van der Waals surface area contributed by atoms with E-state index in [0.29, 0.717) is 6.42 Å². The lowest BCUT2D eigenvalue weighted by Gasteiger charge is -2.12. The van der Waals surface area contributed by atoms with E-state index in [4.69, 9.17) is 0 Å². The van der Waals surface area contributed by atoms with Crippen LogP contribution in [0.15, 0.2) is 51.4 Å². The van der Waals surface area contributed by atoms with Crippen LogP contribution in [0.1, 0.15) is 17.4 Å². The van der Waals surface area contributed by atoms with Gasteiger partial charge in [-0.25, -0.2) is 0 Å². The van der Waals surface area contributed by atoms with Gasteiger partial charge in [0.05, 0.1) is 17.3 Å². The van der Waals surface area contributed by atoms with Crippen molar-refractivity contribution >= 4 is 42.8 Å². The molecule has 2 aromatic carbocycles. The summed E-state index contributed by atoms with van der Waals surface area (Å²) in [7, 11) is 1.92. The fraction of sp³-hybridized carbons (Fsp3) is 0.188. The Morgan fingerprint density at radius 3 is 2.76 bits per heavy atom. The molecule has 0 spiro atoms. The summed E-state index contributed by atoms with van der Waals surface area (Å²) in [4.78, 5) is 0. The third kappa shape index (κ3) is 2.91. The smallest absolute Gasteiger partial charge is 0.0857 e. The van der Waals surface area contributed by atoms with Crippen LogP contribution < -0.4 is 0 Å². The SMILES string of the molecule is Cn1nc(CC(O)c2cc(Br)ccc2Br)c2ccccc21. The Morgan fingerprint density at radius 2 is 1.95 bits per heavy atom. The molecular formula is C16H14Br2N2O. The summed E-state index contributed by atoms with van der Waals surface area (Å²) in [6, 6.07) is 13.9. The second kappa shape index (κ2) is 5.91. The molecule has 0 saturated heterocycles. The number of benzene rings is 2. The summed E-state index contributed by atoms with van der Waals surface area (Å²) in [6.45, 7) is 0. The van der Waals surface area contributed by atoms with Gasteiger partial charge in [-0.1, -0.05) is 50.1 Å². The molecule has 0 amide bonds. The van der Waals surface area contributed by atoms with E-state index in [1.807, 2.05) is 54.2 Å². The molecule has 1 N–H and O–H groups in total. The first-order valence-corrected chi connectivity index (χ1v) is 8.18. The highest BCUT2D eigenvalue weighted by atomic mass is 79.9. The predicted octanol–water partition coefficient (Wildman–Crippen LogP) is 4.37. The molecule has 0 bridgehead atoms. The van der Waals surface area contributed by atoms with Gasteiger partial charge in [0.15, 0.2) is 0 Å². The van der Waals surface area contributed by atoms with Crippen LogP contribution in [0.3, 0.4) is 0 Å². The van der Waals surface area contributed by atoms with Gasteiger partial charge < -0.3 is 5.11 Å². The van der Waals surface area contributed by atoms with Crippen molar-refractivity contribution in [2.45, 2.75) is 12.5 Å².